The van der Waals surface area contributed by atoms with Crippen LogP contribution in [-0.4, -0.2) is 4.98 Å². The molecule has 0 radical (unpaired) electrons. The lowest BCUT2D eigenvalue weighted by atomic mass is 10.2. The van der Waals surface area contributed by atoms with E-state index in [2.05, 4.69) is 56.6 Å². The van der Waals surface area contributed by atoms with Crippen LogP contribution in [-0.2, 0) is 13.0 Å². The van der Waals surface area contributed by atoms with Gasteiger partial charge in [0.05, 0.1) is 11.7 Å². The van der Waals surface area contributed by atoms with Crippen molar-refractivity contribution >= 4 is 15.9 Å². The van der Waals surface area contributed by atoms with E-state index < -0.39 is 0 Å². The quantitative estimate of drug-likeness (QED) is 0.937. The van der Waals surface area contributed by atoms with E-state index in [-0.39, 0.29) is 0 Å². The van der Waals surface area contributed by atoms with Crippen LogP contribution in [0.5, 0.6) is 0 Å². The summed E-state index contributed by atoms with van der Waals surface area (Å²) in [5.41, 5.74) is 3.92. The van der Waals surface area contributed by atoms with Gasteiger partial charge in [0, 0.05) is 17.2 Å². The zero-order chi connectivity index (χ0) is 12.4. The lowest BCUT2D eigenvalue weighted by Crippen LogP contribution is -2.19. The van der Waals surface area contributed by atoms with E-state index >= 15 is 0 Å². The normalized spacial score (nSPS) is 17.7. The third kappa shape index (κ3) is 2.47. The van der Waals surface area contributed by atoms with Crippen molar-refractivity contribution in [3.05, 3.63) is 63.9 Å². The summed E-state index contributed by atoms with van der Waals surface area (Å²) < 4.78 is 1.13. The second-order valence-electron chi connectivity index (χ2n) is 4.65. The molecule has 1 aliphatic carbocycles. The first-order valence-corrected chi connectivity index (χ1v) is 7.04. The summed E-state index contributed by atoms with van der Waals surface area (Å²) in [6.07, 6.45) is 4.18. The van der Waals surface area contributed by atoms with Gasteiger partial charge >= 0.3 is 0 Å². The first kappa shape index (κ1) is 11.9. The Balaban J connectivity index is 1.69. The number of hydrogen-bond acceptors (Lipinski definition) is 2. The summed E-state index contributed by atoms with van der Waals surface area (Å²) in [6.45, 7) is 0.889. The largest absolute Gasteiger partial charge is 0.304 e. The van der Waals surface area contributed by atoms with Gasteiger partial charge in [0.1, 0.15) is 0 Å². The molecule has 1 N–H and O–H groups in total. The van der Waals surface area contributed by atoms with E-state index in [0.717, 1.165) is 23.9 Å². The summed E-state index contributed by atoms with van der Waals surface area (Å²) >= 11 is 3.50. The van der Waals surface area contributed by atoms with E-state index in [9.17, 15) is 0 Å². The molecule has 2 nitrogen and oxygen atoms in total. The molecule has 1 heterocycles. The van der Waals surface area contributed by atoms with Crippen LogP contribution in [0, 0.1) is 0 Å². The Labute approximate surface area is 116 Å². The molecule has 0 spiro atoms. The predicted molar refractivity (Wildman–Crippen MR) is 76.3 cm³/mol. The standard InChI is InChI=1S/C15H15BrN2/c16-13-5-1-3-11(9-13)10-18-14-7-6-12-4-2-8-17-15(12)14/h1-5,8-9,14,18H,6-7,10H2. The zero-order valence-electron chi connectivity index (χ0n) is 10.1. The molecule has 0 aliphatic heterocycles. The predicted octanol–water partition coefficient (Wildman–Crippen LogP) is 3.62. The topological polar surface area (TPSA) is 24.9 Å². The highest BCUT2D eigenvalue weighted by atomic mass is 79.9. The summed E-state index contributed by atoms with van der Waals surface area (Å²) in [5, 5.41) is 3.60. The number of aromatic nitrogens is 1. The molecule has 0 fully saturated rings. The molecule has 1 aliphatic rings. The fraction of sp³-hybridized carbons (Fsp3) is 0.267. The molecule has 0 saturated carbocycles. The van der Waals surface area contributed by atoms with Gasteiger partial charge in [-0.1, -0.05) is 34.1 Å². The molecule has 0 saturated heterocycles. The molecule has 1 atom stereocenters. The van der Waals surface area contributed by atoms with Crippen LogP contribution in [0.15, 0.2) is 47.1 Å². The molecule has 0 amide bonds. The van der Waals surface area contributed by atoms with Crippen LogP contribution in [0.3, 0.4) is 0 Å². The molecule has 0 bridgehead atoms. The van der Waals surface area contributed by atoms with Gasteiger partial charge in [-0.05, 0) is 42.2 Å². The molecule has 1 aromatic heterocycles. The maximum atomic E-state index is 4.50. The van der Waals surface area contributed by atoms with Gasteiger partial charge in [-0.2, -0.15) is 0 Å². The highest BCUT2D eigenvalue weighted by molar-refractivity contribution is 9.10. The third-order valence-corrected chi connectivity index (χ3v) is 3.89. The maximum absolute atomic E-state index is 4.50. The number of pyridine rings is 1. The number of nitrogens with one attached hydrogen (secondary N) is 1. The number of nitrogens with zero attached hydrogens (tertiary/aromatic N) is 1. The van der Waals surface area contributed by atoms with Crippen LogP contribution < -0.4 is 5.32 Å². The van der Waals surface area contributed by atoms with E-state index in [1.807, 2.05) is 12.3 Å². The van der Waals surface area contributed by atoms with Crippen LogP contribution in [0.1, 0.15) is 29.3 Å². The number of halogens is 1. The lowest BCUT2D eigenvalue weighted by molar-refractivity contribution is 0.521. The molecule has 2 aromatic rings. The Bertz CT molecular complexity index is 554. The Morgan fingerprint density at radius 2 is 2.22 bits per heavy atom. The smallest absolute Gasteiger partial charge is 0.0605 e. The Kier molecular flexibility index (Phi) is 3.43. The van der Waals surface area contributed by atoms with Gasteiger partial charge in [-0.3, -0.25) is 4.98 Å². The molecule has 18 heavy (non-hydrogen) atoms. The van der Waals surface area contributed by atoms with Crippen molar-refractivity contribution in [1.29, 1.82) is 0 Å². The van der Waals surface area contributed by atoms with Crippen molar-refractivity contribution in [3.63, 3.8) is 0 Å². The first-order chi connectivity index (χ1) is 8.83. The molecule has 3 heteroatoms. The highest BCUT2D eigenvalue weighted by Crippen LogP contribution is 2.29. The summed E-state index contributed by atoms with van der Waals surface area (Å²) in [7, 11) is 0. The maximum Gasteiger partial charge on any atom is 0.0605 e. The van der Waals surface area contributed by atoms with Gasteiger partial charge in [0.25, 0.3) is 0 Å². The van der Waals surface area contributed by atoms with Gasteiger partial charge in [0.2, 0.25) is 0 Å². The van der Waals surface area contributed by atoms with Crippen LogP contribution in [0.25, 0.3) is 0 Å². The van der Waals surface area contributed by atoms with Crippen LogP contribution >= 0.6 is 15.9 Å². The number of rotatable bonds is 3. The average molecular weight is 303 g/mol. The number of benzene rings is 1. The van der Waals surface area contributed by atoms with Crippen molar-refractivity contribution in [2.75, 3.05) is 0 Å². The van der Waals surface area contributed by atoms with Crippen molar-refractivity contribution in [2.24, 2.45) is 0 Å². The zero-order valence-corrected chi connectivity index (χ0v) is 11.7. The summed E-state index contributed by atoms with van der Waals surface area (Å²) in [5.74, 6) is 0. The van der Waals surface area contributed by atoms with Crippen LogP contribution in [0.4, 0.5) is 0 Å². The van der Waals surface area contributed by atoms with E-state index in [4.69, 9.17) is 0 Å². The minimum Gasteiger partial charge on any atom is -0.304 e. The molecule has 1 aromatic carbocycles. The van der Waals surface area contributed by atoms with Crippen molar-refractivity contribution in [1.82, 2.24) is 10.3 Å². The second kappa shape index (κ2) is 5.21. The average Bonchev–Trinajstić information content (AvgIpc) is 2.80. The Morgan fingerprint density at radius 3 is 3.11 bits per heavy atom. The van der Waals surface area contributed by atoms with Crippen LogP contribution in [0.2, 0.25) is 0 Å². The van der Waals surface area contributed by atoms with E-state index in [0.29, 0.717) is 6.04 Å². The summed E-state index contributed by atoms with van der Waals surface area (Å²) in [4.78, 5) is 4.50. The van der Waals surface area contributed by atoms with Crippen molar-refractivity contribution < 1.29 is 0 Å². The number of fused-ring (bicyclic) bond motifs is 1. The SMILES string of the molecule is Brc1cccc(CNC2CCc3cccnc32)c1. The first-order valence-electron chi connectivity index (χ1n) is 6.24. The van der Waals surface area contributed by atoms with Crippen molar-refractivity contribution in [3.8, 4) is 0 Å². The Morgan fingerprint density at radius 1 is 1.28 bits per heavy atom. The van der Waals surface area contributed by atoms with E-state index in [1.165, 1.54) is 16.8 Å². The molecule has 3 rings (SSSR count). The fourth-order valence-electron chi connectivity index (χ4n) is 2.50. The molecular formula is C15H15BrN2. The second-order valence-corrected chi connectivity index (χ2v) is 5.57. The molecule has 1 unspecified atom stereocenters. The third-order valence-electron chi connectivity index (χ3n) is 3.40. The van der Waals surface area contributed by atoms with Gasteiger partial charge < -0.3 is 5.32 Å². The molecule has 92 valence electrons. The van der Waals surface area contributed by atoms with Crippen molar-refractivity contribution in [2.45, 2.75) is 25.4 Å². The number of aryl methyl sites for hydroxylation is 1. The minimum absolute atomic E-state index is 0.403. The highest BCUT2D eigenvalue weighted by Gasteiger charge is 2.22. The van der Waals surface area contributed by atoms with Gasteiger partial charge in [-0.25, -0.2) is 0 Å². The summed E-state index contributed by atoms with van der Waals surface area (Å²) in [6, 6.07) is 13.0. The van der Waals surface area contributed by atoms with Gasteiger partial charge in [-0.15, -0.1) is 0 Å². The monoisotopic (exact) mass is 302 g/mol. The Hall–Kier alpha value is -1.19. The molecular weight excluding hydrogens is 288 g/mol. The minimum atomic E-state index is 0.403. The van der Waals surface area contributed by atoms with E-state index in [1.54, 1.807) is 0 Å². The van der Waals surface area contributed by atoms with Gasteiger partial charge in [0.15, 0.2) is 0 Å². The fourth-order valence-corrected chi connectivity index (χ4v) is 2.95. The number of hydrogen-bond donors (Lipinski definition) is 1. The lowest BCUT2D eigenvalue weighted by Gasteiger charge is -2.13.